The third kappa shape index (κ3) is 2.40. The van der Waals surface area contributed by atoms with E-state index in [2.05, 4.69) is 0 Å². The molecule has 0 radical (unpaired) electrons. The lowest BCUT2D eigenvalue weighted by Gasteiger charge is -2.50. The molecule has 0 unspecified atom stereocenters. The van der Waals surface area contributed by atoms with Gasteiger partial charge in [-0.15, -0.1) is 0 Å². The van der Waals surface area contributed by atoms with Crippen LogP contribution in [-0.2, 0) is 14.3 Å². The van der Waals surface area contributed by atoms with E-state index >= 15 is 0 Å². The van der Waals surface area contributed by atoms with Gasteiger partial charge in [0.05, 0.1) is 13.7 Å². The summed E-state index contributed by atoms with van der Waals surface area (Å²) in [6.45, 7) is 12.7. The van der Waals surface area contributed by atoms with E-state index in [1.165, 1.54) is 7.11 Å². The predicted octanol–water partition coefficient (Wildman–Crippen LogP) is 2.88. The van der Waals surface area contributed by atoms with Gasteiger partial charge in [0.25, 0.3) is 0 Å². The van der Waals surface area contributed by atoms with E-state index < -0.39 is 5.41 Å². The van der Waals surface area contributed by atoms with Crippen molar-refractivity contribution in [1.29, 1.82) is 0 Å². The lowest BCUT2D eigenvalue weighted by Crippen LogP contribution is -2.55. The number of ether oxygens (including phenoxy) is 2. The molecule has 96 valence electrons. The normalized spacial score (nSPS) is 13.8. The SMILES string of the molecule is COCC(C(=O)OC)(C(C)(C)C)C(C)(C)C. The molecule has 0 aromatic heterocycles. The monoisotopic (exact) mass is 230 g/mol. The van der Waals surface area contributed by atoms with Crippen molar-refractivity contribution in [2.45, 2.75) is 41.5 Å². The van der Waals surface area contributed by atoms with Gasteiger partial charge in [-0.3, -0.25) is 4.79 Å². The average molecular weight is 230 g/mol. The van der Waals surface area contributed by atoms with E-state index in [4.69, 9.17) is 9.47 Å². The van der Waals surface area contributed by atoms with Crippen molar-refractivity contribution in [2.24, 2.45) is 16.2 Å². The number of carbonyl (C=O) groups is 1. The van der Waals surface area contributed by atoms with Crippen LogP contribution in [0.2, 0.25) is 0 Å². The highest BCUT2D eigenvalue weighted by atomic mass is 16.5. The molecule has 0 aliphatic rings. The summed E-state index contributed by atoms with van der Waals surface area (Å²) in [6.07, 6.45) is 0. The van der Waals surface area contributed by atoms with Gasteiger partial charge in [-0.1, -0.05) is 41.5 Å². The summed E-state index contributed by atoms with van der Waals surface area (Å²) >= 11 is 0. The Kier molecular flexibility index (Phi) is 4.57. The second-order valence-electron chi connectivity index (χ2n) is 6.33. The number of carbonyl (C=O) groups excluding carboxylic acids is 1. The highest BCUT2D eigenvalue weighted by molar-refractivity contribution is 5.79. The predicted molar refractivity (Wildman–Crippen MR) is 65.2 cm³/mol. The van der Waals surface area contributed by atoms with E-state index in [0.29, 0.717) is 6.61 Å². The summed E-state index contributed by atoms with van der Waals surface area (Å²) in [5.41, 5.74) is -1.10. The second-order valence-corrected chi connectivity index (χ2v) is 6.33. The molecule has 0 saturated heterocycles. The number of methoxy groups -OCH3 is 2. The van der Waals surface area contributed by atoms with Crippen LogP contribution in [0.4, 0.5) is 0 Å². The quantitative estimate of drug-likeness (QED) is 0.699. The molecule has 0 saturated carbocycles. The maximum atomic E-state index is 12.2. The van der Waals surface area contributed by atoms with Crippen LogP contribution in [0.25, 0.3) is 0 Å². The van der Waals surface area contributed by atoms with Crippen LogP contribution in [0, 0.1) is 16.2 Å². The van der Waals surface area contributed by atoms with Gasteiger partial charge in [-0.25, -0.2) is 0 Å². The number of esters is 1. The summed E-state index contributed by atoms with van der Waals surface area (Å²) in [6, 6.07) is 0. The molecule has 0 spiro atoms. The topological polar surface area (TPSA) is 35.5 Å². The Morgan fingerprint density at radius 2 is 1.31 bits per heavy atom. The zero-order valence-electron chi connectivity index (χ0n) is 11.9. The lowest BCUT2D eigenvalue weighted by molar-refractivity contribution is -0.180. The molecule has 0 bridgehead atoms. The number of hydrogen-bond donors (Lipinski definition) is 0. The molecular formula is C13H26O3. The summed E-state index contributed by atoms with van der Waals surface area (Å²) in [5.74, 6) is -0.200. The van der Waals surface area contributed by atoms with Crippen molar-refractivity contribution in [1.82, 2.24) is 0 Å². The van der Waals surface area contributed by atoms with Crippen LogP contribution in [0.5, 0.6) is 0 Å². The third-order valence-corrected chi connectivity index (χ3v) is 3.46. The maximum absolute atomic E-state index is 12.2. The van der Waals surface area contributed by atoms with Crippen LogP contribution in [0.3, 0.4) is 0 Å². The van der Waals surface area contributed by atoms with Crippen molar-refractivity contribution in [3.8, 4) is 0 Å². The summed E-state index contributed by atoms with van der Waals surface area (Å²) < 4.78 is 10.3. The highest BCUT2D eigenvalue weighted by Gasteiger charge is 2.57. The van der Waals surface area contributed by atoms with Crippen molar-refractivity contribution in [2.75, 3.05) is 20.8 Å². The van der Waals surface area contributed by atoms with Gasteiger partial charge in [-0.2, -0.15) is 0 Å². The Balaban J connectivity index is 5.70. The van der Waals surface area contributed by atoms with Crippen LogP contribution < -0.4 is 0 Å². The van der Waals surface area contributed by atoms with Crippen molar-refractivity contribution >= 4 is 5.97 Å². The minimum atomic E-state index is -0.649. The highest BCUT2D eigenvalue weighted by Crippen LogP contribution is 2.52. The Morgan fingerprint density at radius 3 is 1.50 bits per heavy atom. The minimum Gasteiger partial charge on any atom is -0.468 e. The van der Waals surface area contributed by atoms with Gasteiger partial charge in [0, 0.05) is 7.11 Å². The zero-order valence-corrected chi connectivity index (χ0v) is 11.9. The zero-order chi connectivity index (χ0) is 13.2. The van der Waals surface area contributed by atoms with Crippen molar-refractivity contribution in [3.05, 3.63) is 0 Å². The second kappa shape index (κ2) is 4.74. The molecular weight excluding hydrogens is 204 g/mol. The fourth-order valence-corrected chi connectivity index (χ4v) is 2.62. The molecule has 0 aromatic carbocycles. The largest absolute Gasteiger partial charge is 0.468 e. The standard InChI is InChI=1S/C13H26O3/c1-11(2,3)13(9-15-7,10(14)16-8)12(4,5)6/h9H2,1-8H3. The van der Waals surface area contributed by atoms with Crippen LogP contribution in [0.1, 0.15) is 41.5 Å². The molecule has 0 aliphatic heterocycles. The first-order valence-corrected chi connectivity index (χ1v) is 5.62. The first-order valence-electron chi connectivity index (χ1n) is 5.62. The Morgan fingerprint density at radius 1 is 0.938 bits per heavy atom. The van der Waals surface area contributed by atoms with E-state index in [0.717, 1.165) is 0 Å². The van der Waals surface area contributed by atoms with Gasteiger partial charge in [-0.05, 0) is 10.8 Å². The minimum absolute atomic E-state index is 0.200. The smallest absolute Gasteiger partial charge is 0.315 e. The van der Waals surface area contributed by atoms with Gasteiger partial charge in [0.2, 0.25) is 0 Å². The van der Waals surface area contributed by atoms with Crippen molar-refractivity contribution < 1.29 is 14.3 Å². The number of hydrogen-bond acceptors (Lipinski definition) is 3. The molecule has 3 nitrogen and oxygen atoms in total. The molecule has 0 N–H and O–H groups in total. The van der Waals surface area contributed by atoms with Crippen LogP contribution in [-0.4, -0.2) is 26.8 Å². The fraction of sp³-hybridized carbons (Fsp3) is 0.923. The van der Waals surface area contributed by atoms with E-state index in [-0.39, 0.29) is 16.8 Å². The molecule has 0 aromatic rings. The van der Waals surface area contributed by atoms with Gasteiger partial charge < -0.3 is 9.47 Å². The van der Waals surface area contributed by atoms with Crippen LogP contribution >= 0.6 is 0 Å². The Bertz CT molecular complexity index is 229. The summed E-state index contributed by atoms with van der Waals surface area (Å²) in [5, 5.41) is 0. The molecule has 0 amide bonds. The molecule has 0 aliphatic carbocycles. The summed E-state index contributed by atoms with van der Waals surface area (Å²) in [7, 11) is 3.05. The van der Waals surface area contributed by atoms with Gasteiger partial charge in [0.1, 0.15) is 5.41 Å². The van der Waals surface area contributed by atoms with E-state index in [1.807, 2.05) is 41.5 Å². The molecule has 0 rings (SSSR count). The molecule has 16 heavy (non-hydrogen) atoms. The fourth-order valence-electron chi connectivity index (χ4n) is 2.62. The molecule has 0 atom stereocenters. The molecule has 0 fully saturated rings. The van der Waals surface area contributed by atoms with Crippen molar-refractivity contribution in [3.63, 3.8) is 0 Å². The first kappa shape index (κ1) is 15.4. The maximum Gasteiger partial charge on any atom is 0.315 e. The average Bonchev–Trinajstić information content (AvgIpc) is 2.08. The number of rotatable bonds is 3. The van der Waals surface area contributed by atoms with Crippen LogP contribution in [0.15, 0.2) is 0 Å². The van der Waals surface area contributed by atoms with Gasteiger partial charge >= 0.3 is 5.97 Å². The summed E-state index contributed by atoms with van der Waals surface area (Å²) in [4.78, 5) is 12.2. The molecule has 0 heterocycles. The third-order valence-electron chi connectivity index (χ3n) is 3.46. The lowest BCUT2D eigenvalue weighted by atomic mass is 9.54. The Labute approximate surface area is 99.5 Å². The van der Waals surface area contributed by atoms with Gasteiger partial charge in [0.15, 0.2) is 0 Å². The molecule has 3 heteroatoms. The Hall–Kier alpha value is -0.570. The van der Waals surface area contributed by atoms with E-state index in [1.54, 1.807) is 7.11 Å². The first-order chi connectivity index (χ1) is 7.04. The van der Waals surface area contributed by atoms with E-state index in [9.17, 15) is 4.79 Å².